The molecule has 1 aromatic rings. The Balaban J connectivity index is 1.39. The summed E-state index contributed by atoms with van der Waals surface area (Å²) in [6.07, 6.45) is 5.47. The molecule has 2 N–H and O–H groups in total. The molecule has 0 spiro atoms. The predicted octanol–water partition coefficient (Wildman–Crippen LogP) is 1.91. The zero-order valence-corrected chi connectivity index (χ0v) is 14.9. The first-order valence-corrected chi connectivity index (χ1v) is 9.04. The average molecular weight is 352 g/mol. The number of guanidine groups is 1. The van der Waals surface area contributed by atoms with E-state index in [2.05, 4.69) is 25.5 Å². The molecular formula is C17H26ClN5O. The number of nitrogens with one attached hydrogen (secondary N) is 2. The molecule has 132 valence electrons. The standard InChI is InChI=1S/C17H26ClN5O/c1-19-17(21-8-10-24-12-13-4-5-13)22-14-6-9-23(11-14)16-15(18)3-2-7-20-16/h2-3,7,13-14H,4-6,8-12H2,1H3,(H2,19,21,22). The van der Waals surface area contributed by atoms with Crippen molar-refractivity contribution in [2.75, 3.05) is 44.8 Å². The Morgan fingerprint density at radius 3 is 3.08 bits per heavy atom. The third kappa shape index (κ3) is 4.98. The second kappa shape index (κ2) is 8.53. The van der Waals surface area contributed by atoms with Gasteiger partial charge in [0, 0.05) is 45.5 Å². The zero-order valence-electron chi connectivity index (χ0n) is 14.2. The first kappa shape index (κ1) is 17.3. The lowest BCUT2D eigenvalue weighted by atomic mass is 10.3. The van der Waals surface area contributed by atoms with Crippen molar-refractivity contribution in [3.05, 3.63) is 23.4 Å². The van der Waals surface area contributed by atoms with Crippen molar-refractivity contribution in [1.82, 2.24) is 15.6 Å². The maximum atomic E-state index is 6.24. The Hall–Kier alpha value is -1.53. The monoisotopic (exact) mass is 351 g/mol. The van der Waals surface area contributed by atoms with E-state index in [0.717, 1.165) is 57.0 Å². The molecule has 2 aliphatic rings. The van der Waals surface area contributed by atoms with Gasteiger partial charge in [0.2, 0.25) is 0 Å². The summed E-state index contributed by atoms with van der Waals surface area (Å²) in [5.74, 6) is 2.49. The second-order valence-corrected chi connectivity index (χ2v) is 6.81. The highest BCUT2D eigenvalue weighted by Gasteiger charge is 2.25. The van der Waals surface area contributed by atoms with Gasteiger partial charge in [0.1, 0.15) is 5.82 Å². The van der Waals surface area contributed by atoms with Gasteiger partial charge in [-0.1, -0.05) is 11.6 Å². The Morgan fingerprint density at radius 2 is 2.33 bits per heavy atom. The minimum atomic E-state index is 0.335. The second-order valence-electron chi connectivity index (χ2n) is 6.40. The van der Waals surface area contributed by atoms with Crippen LogP contribution >= 0.6 is 11.6 Å². The molecular weight excluding hydrogens is 326 g/mol. The predicted molar refractivity (Wildman–Crippen MR) is 97.9 cm³/mol. The third-order valence-electron chi connectivity index (χ3n) is 4.38. The summed E-state index contributed by atoms with van der Waals surface area (Å²) in [6.45, 7) is 4.20. The van der Waals surface area contributed by atoms with Crippen LogP contribution in [0.4, 0.5) is 5.82 Å². The fourth-order valence-electron chi connectivity index (χ4n) is 2.84. The Kier molecular flexibility index (Phi) is 6.15. The number of nitrogens with zero attached hydrogens (tertiary/aromatic N) is 3. The molecule has 24 heavy (non-hydrogen) atoms. The van der Waals surface area contributed by atoms with Crippen molar-refractivity contribution < 1.29 is 4.74 Å². The van der Waals surface area contributed by atoms with Crippen molar-refractivity contribution in [3.63, 3.8) is 0 Å². The van der Waals surface area contributed by atoms with E-state index in [9.17, 15) is 0 Å². The topological polar surface area (TPSA) is 61.8 Å². The largest absolute Gasteiger partial charge is 0.379 e. The van der Waals surface area contributed by atoms with Crippen LogP contribution in [0.3, 0.4) is 0 Å². The molecule has 1 aliphatic carbocycles. The summed E-state index contributed by atoms with van der Waals surface area (Å²) in [4.78, 5) is 10.9. The quantitative estimate of drug-likeness (QED) is 0.446. The SMILES string of the molecule is CN=C(NCCOCC1CC1)NC1CCN(c2ncccc2Cl)C1. The summed E-state index contributed by atoms with van der Waals surface area (Å²) < 4.78 is 5.63. The number of hydrogen-bond donors (Lipinski definition) is 2. The molecule has 7 heteroatoms. The molecule has 1 saturated heterocycles. The van der Waals surface area contributed by atoms with Crippen LogP contribution in [0.1, 0.15) is 19.3 Å². The average Bonchev–Trinajstić information content (AvgIpc) is 3.31. The summed E-state index contributed by atoms with van der Waals surface area (Å²) in [7, 11) is 1.79. The lowest BCUT2D eigenvalue weighted by Gasteiger charge is -2.20. The van der Waals surface area contributed by atoms with Gasteiger partial charge >= 0.3 is 0 Å². The summed E-state index contributed by atoms with van der Waals surface area (Å²) in [6, 6.07) is 4.07. The molecule has 0 radical (unpaired) electrons. The van der Waals surface area contributed by atoms with Crippen LogP contribution < -0.4 is 15.5 Å². The van der Waals surface area contributed by atoms with Crippen molar-refractivity contribution in [3.8, 4) is 0 Å². The van der Waals surface area contributed by atoms with Gasteiger partial charge in [-0.3, -0.25) is 4.99 Å². The number of hydrogen-bond acceptors (Lipinski definition) is 4. The van der Waals surface area contributed by atoms with Gasteiger partial charge in [0.15, 0.2) is 5.96 Å². The van der Waals surface area contributed by atoms with E-state index in [-0.39, 0.29) is 0 Å². The third-order valence-corrected chi connectivity index (χ3v) is 4.68. The van der Waals surface area contributed by atoms with Gasteiger partial charge in [-0.05, 0) is 37.3 Å². The van der Waals surface area contributed by atoms with Crippen molar-refractivity contribution in [2.45, 2.75) is 25.3 Å². The maximum Gasteiger partial charge on any atom is 0.191 e. The van der Waals surface area contributed by atoms with E-state index < -0.39 is 0 Å². The molecule has 3 rings (SSSR count). The van der Waals surface area contributed by atoms with Gasteiger partial charge in [0.05, 0.1) is 11.6 Å². The number of ether oxygens (including phenoxy) is 1. The molecule has 1 aromatic heterocycles. The van der Waals surface area contributed by atoms with E-state index >= 15 is 0 Å². The molecule has 1 saturated carbocycles. The molecule has 0 amide bonds. The Morgan fingerprint density at radius 1 is 1.46 bits per heavy atom. The number of anilines is 1. The van der Waals surface area contributed by atoms with E-state index in [0.29, 0.717) is 11.1 Å². The highest BCUT2D eigenvalue weighted by atomic mass is 35.5. The number of aromatic nitrogens is 1. The van der Waals surface area contributed by atoms with E-state index in [1.165, 1.54) is 12.8 Å². The highest BCUT2D eigenvalue weighted by molar-refractivity contribution is 6.32. The number of halogens is 1. The van der Waals surface area contributed by atoms with Gasteiger partial charge in [-0.15, -0.1) is 0 Å². The van der Waals surface area contributed by atoms with Gasteiger partial charge in [-0.25, -0.2) is 4.98 Å². The van der Waals surface area contributed by atoms with Crippen LogP contribution in [-0.4, -0.2) is 56.9 Å². The molecule has 0 aromatic carbocycles. The van der Waals surface area contributed by atoms with Crippen LogP contribution in [-0.2, 0) is 4.74 Å². The fraction of sp³-hybridized carbons (Fsp3) is 0.647. The molecule has 1 atom stereocenters. The summed E-state index contributed by atoms with van der Waals surface area (Å²) >= 11 is 6.24. The van der Waals surface area contributed by atoms with Crippen LogP contribution in [0.25, 0.3) is 0 Å². The highest BCUT2D eigenvalue weighted by Crippen LogP contribution is 2.28. The normalized spacial score (nSPS) is 21.2. The molecule has 2 fully saturated rings. The van der Waals surface area contributed by atoms with E-state index in [4.69, 9.17) is 16.3 Å². The smallest absolute Gasteiger partial charge is 0.191 e. The molecule has 0 bridgehead atoms. The maximum absolute atomic E-state index is 6.24. The van der Waals surface area contributed by atoms with E-state index in [1.807, 2.05) is 12.1 Å². The first-order chi connectivity index (χ1) is 11.8. The van der Waals surface area contributed by atoms with Crippen LogP contribution in [0.2, 0.25) is 5.02 Å². The Bertz CT molecular complexity index is 564. The lowest BCUT2D eigenvalue weighted by Crippen LogP contribution is -2.45. The number of aliphatic imine (C=N–C) groups is 1. The fourth-order valence-corrected chi connectivity index (χ4v) is 3.09. The summed E-state index contributed by atoms with van der Waals surface area (Å²) in [5.41, 5.74) is 0. The van der Waals surface area contributed by atoms with Crippen molar-refractivity contribution in [2.24, 2.45) is 10.9 Å². The van der Waals surface area contributed by atoms with Crippen LogP contribution in [0.15, 0.2) is 23.3 Å². The molecule has 1 aliphatic heterocycles. The Labute approximate surface area is 148 Å². The number of pyridine rings is 1. The minimum absolute atomic E-state index is 0.335. The zero-order chi connectivity index (χ0) is 16.8. The first-order valence-electron chi connectivity index (χ1n) is 8.66. The minimum Gasteiger partial charge on any atom is -0.379 e. The van der Waals surface area contributed by atoms with Crippen molar-refractivity contribution >= 4 is 23.4 Å². The van der Waals surface area contributed by atoms with Gasteiger partial charge < -0.3 is 20.3 Å². The van der Waals surface area contributed by atoms with Crippen molar-refractivity contribution in [1.29, 1.82) is 0 Å². The van der Waals surface area contributed by atoms with Crippen LogP contribution in [0.5, 0.6) is 0 Å². The van der Waals surface area contributed by atoms with Gasteiger partial charge in [-0.2, -0.15) is 0 Å². The summed E-state index contributed by atoms with van der Waals surface area (Å²) in [5, 5.41) is 7.48. The van der Waals surface area contributed by atoms with Gasteiger partial charge in [0.25, 0.3) is 0 Å². The molecule has 6 nitrogen and oxygen atoms in total. The van der Waals surface area contributed by atoms with E-state index in [1.54, 1.807) is 13.2 Å². The molecule has 2 heterocycles. The lowest BCUT2D eigenvalue weighted by molar-refractivity contribution is 0.129. The number of rotatable bonds is 7. The van der Waals surface area contributed by atoms with Crippen LogP contribution in [0, 0.1) is 5.92 Å². The molecule has 1 unspecified atom stereocenters.